The second kappa shape index (κ2) is 8.22. The van der Waals surface area contributed by atoms with Crippen LogP contribution in [0.2, 0.25) is 0 Å². The second-order valence-electron chi connectivity index (χ2n) is 5.08. The molecule has 3 nitrogen and oxygen atoms in total. The smallest absolute Gasteiger partial charge is 0.251 e. The Balaban J connectivity index is 1.74. The van der Waals surface area contributed by atoms with Gasteiger partial charge in [0.1, 0.15) is 0 Å². The Bertz CT molecular complexity index is 549. The number of nitrogens with two attached hydrogens (primary N) is 1. The van der Waals surface area contributed by atoms with Gasteiger partial charge in [0.15, 0.2) is 0 Å². The molecule has 0 radical (unpaired) electrons. The minimum Gasteiger partial charge on any atom is -0.352 e. The van der Waals surface area contributed by atoms with Gasteiger partial charge in [0, 0.05) is 12.1 Å². The molecule has 2 aromatic carbocycles. The molecule has 21 heavy (non-hydrogen) atoms. The zero-order valence-electron chi connectivity index (χ0n) is 12.2. The van der Waals surface area contributed by atoms with Crippen molar-refractivity contribution in [3.63, 3.8) is 0 Å². The lowest BCUT2D eigenvalue weighted by Gasteiger charge is -2.06. The number of hydrogen-bond donors (Lipinski definition) is 2. The topological polar surface area (TPSA) is 55.1 Å². The summed E-state index contributed by atoms with van der Waals surface area (Å²) in [6.45, 7) is 1.32. The van der Waals surface area contributed by atoms with E-state index >= 15 is 0 Å². The minimum absolute atomic E-state index is 0.0117. The number of carbonyl (C=O) groups is 1. The van der Waals surface area contributed by atoms with Crippen molar-refractivity contribution < 1.29 is 4.79 Å². The molecule has 0 aromatic heterocycles. The van der Waals surface area contributed by atoms with Gasteiger partial charge >= 0.3 is 0 Å². The maximum absolute atomic E-state index is 12.0. The summed E-state index contributed by atoms with van der Waals surface area (Å²) in [6, 6.07) is 18.0. The maximum Gasteiger partial charge on any atom is 0.251 e. The molecular weight excluding hydrogens is 260 g/mol. The first kappa shape index (κ1) is 15.3. The number of carbonyl (C=O) groups excluding carboxylic acids is 1. The summed E-state index contributed by atoms with van der Waals surface area (Å²) >= 11 is 0. The zero-order chi connectivity index (χ0) is 14.9. The molecule has 2 rings (SSSR count). The Morgan fingerprint density at radius 2 is 1.57 bits per heavy atom. The van der Waals surface area contributed by atoms with Gasteiger partial charge in [0.25, 0.3) is 5.91 Å². The van der Waals surface area contributed by atoms with Crippen molar-refractivity contribution in [2.75, 3.05) is 13.1 Å². The third-order valence-corrected chi connectivity index (χ3v) is 3.42. The summed E-state index contributed by atoms with van der Waals surface area (Å²) in [5.74, 6) is -0.0117. The number of benzene rings is 2. The molecule has 0 aliphatic rings. The molecule has 3 heteroatoms. The van der Waals surface area contributed by atoms with Gasteiger partial charge in [-0.3, -0.25) is 4.79 Å². The van der Waals surface area contributed by atoms with Crippen molar-refractivity contribution in [2.24, 2.45) is 5.73 Å². The van der Waals surface area contributed by atoms with Crippen molar-refractivity contribution in [1.29, 1.82) is 0 Å². The number of nitrogens with one attached hydrogen (secondary N) is 1. The van der Waals surface area contributed by atoms with Crippen molar-refractivity contribution >= 4 is 5.91 Å². The van der Waals surface area contributed by atoms with Crippen LogP contribution in [0.3, 0.4) is 0 Å². The molecule has 2 aromatic rings. The van der Waals surface area contributed by atoms with Crippen LogP contribution in [0, 0.1) is 0 Å². The fourth-order valence-corrected chi connectivity index (χ4v) is 2.23. The molecular formula is C18H22N2O. The molecule has 3 N–H and O–H groups in total. The highest BCUT2D eigenvalue weighted by atomic mass is 16.1. The normalized spacial score (nSPS) is 10.3. The van der Waals surface area contributed by atoms with E-state index in [1.54, 1.807) is 0 Å². The molecule has 0 spiro atoms. The highest BCUT2D eigenvalue weighted by Crippen LogP contribution is 2.05. The summed E-state index contributed by atoms with van der Waals surface area (Å²) in [4.78, 5) is 12.0. The van der Waals surface area contributed by atoms with Crippen molar-refractivity contribution in [3.05, 3.63) is 71.3 Å². The average Bonchev–Trinajstić information content (AvgIpc) is 2.53. The van der Waals surface area contributed by atoms with Gasteiger partial charge in [-0.2, -0.15) is 0 Å². The molecule has 0 saturated carbocycles. The summed E-state index contributed by atoms with van der Waals surface area (Å²) in [6.07, 6.45) is 2.77. The molecule has 0 fully saturated rings. The summed E-state index contributed by atoms with van der Waals surface area (Å²) in [5.41, 5.74) is 8.68. The van der Waals surface area contributed by atoms with Crippen molar-refractivity contribution in [1.82, 2.24) is 5.32 Å². The Hall–Kier alpha value is -2.13. The van der Waals surface area contributed by atoms with E-state index in [2.05, 4.69) is 17.4 Å². The highest BCUT2D eigenvalue weighted by Gasteiger charge is 2.04. The van der Waals surface area contributed by atoms with Crippen LogP contribution in [0.15, 0.2) is 54.6 Å². The SMILES string of the molecule is NCCc1ccc(C(=O)NCCCc2ccccc2)cc1. The highest BCUT2D eigenvalue weighted by molar-refractivity contribution is 5.94. The first-order chi connectivity index (χ1) is 10.3. The summed E-state index contributed by atoms with van der Waals surface area (Å²) in [7, 11) is 0. The number of aryl methyl sites for hydroxylation is 1. The molecule has 1 amide bonds. The largest absolute Gasteiger partial charge is 0.352 e. The minimum atomic E-state index is -0.0117. The fraction of sp³-hybridized carbons (Fsp3) is 0.278. The monoisotopic (exact) mass is 282 g/mol. The molecule has 0 bridgehead atoms. The first-order valence-electron chi connectivity index (χ1n) is 7.41. The van der Waals surface area contributed by atoms with E-state index in [9.17, 15) is 4.79 Å². The first-order valence-corrected chi connectivity index (χ1v) is 7.41. The number of amides is 1. The molecule has 0 saturated heterocycles. The van der Waals surface area contributed by atoms with E-state index in [1.165, 1.54) is 5.56 Å². The van der Waals surface area contributed by atoms with Crippen LogP contribution in [-0.2, 0) is 12.8 Å². The van der Waals surface area contributed by atoms with Crippen LogP contribution in [0.1, 0.15) is 27.9 Å². The van der Waals surface area contributed by atoms with Crippen LogP contribution >= 0.6 is 0 Å². The van der Waals surface area contributed by atoms with E-state index in [1.807, 2.05) is 42.5 Å². The molecule has 0 unspecified atom stereocenters. The van der Waals surface area contributed by atoms with Gasteiger partial charge < -0.3 is 11.1 Å². The molecule has 0 aliphatic carbocycles. The lowest BCUT2D eigenvalue weighted by atomic mass is 10.1. The van der Waals surface area contributed by atoms with Crippen LogP contribution in [0.25, 0.3) is 0 Å². The molecule has 0 aliphatic heterocycles. The van der Waals surface area contributed by atoms with Gasteiger partial charge in [0.2, 0.25) is 0 Å². The maximum atomic E-state index is 12.0. The van der Waals surface area contributed by atoms with Gasteiger partial charge in [-0.25, -0.2) is 0 Å². The van der Waals surface area contributed by atoms with Crippen molar-refractivity contribution in [2.45, 2.75) is 19.3 Å². The summed E-state index contributed by atoms with van der Waals surface area (Å²) < 4.78 is 0. The second-order valence-corrected chi connectivity index (χ2v) is 5.08. The Labute approximate surface area is 126 Å². The summed E-state index contributed by atoms with van der Waals surface area (Å²) in [5, 5.41) is 2.96. The predicted octanol–water partition coefficient (Wildman–Crippen LogP) is 2.55. The third-order valence-electron chi connectivity index (χ3n) is 3.42. The van der Waals surface area contributed by atoms with E-state index in [-0.39, 0.29) is 5.91 Å². The van der Waals surface area contributed by atoms with E-state index in [0.717, 1.165) is 24.8 Å². The lowest BCUT2D eigenvalue weighted by Crippen LogP contribution is -2.24. The molecule has 0 atom stereocenters. The van der Waals surface area contributed by atoms with Crippen LogP contribution in [-0.4, -0.2) is 19.0 Å². The van der Waals surface area contributed by atoms with E-state index in [0.29, 0.717) is 18.7 Å². The molecule has 0 heterocycles. The zero-order valence-corrected chi connectivity index (χ0v) is 12.2. The Morgan fingerprint density at radius 3 is 2.24 bits per heavy atom. The Morgan fingerprint density at radius 1 is 0.905 bits per heavy atom. The molecule has 110 valence electrons. The van der Waals surface area contributed by atoms with Gasteiger partial charge in [0.05, 0.1) is 0 Å². The van der Waals surface area contributed by atoms with Crippen LogP contribution in [0.5, 0.6) is 0 Å². The van der Waals surface area contributed by atoms with Crippen molar-refractivity contribution in [3.8, 4) is 0 Å². The quantitative estimate of drug-likeness (QED) is 0.767. The van der Waals surface area contributed by atoms with Crippen LogP contribution < -0.4 is 11.1 Å². The average molecular weight is 282 g/mol. The van der Waals surface area contributed by atoms with Gasteiger partial charge in [-0.15, -0.1) is 0 Å². The van der Waals surface area contributed by atoms with Gasteiger partial charge in [-0.1, -0.05) is 42.5 Å². The Kier molecular flexibility index (Phi) is 5.98. The standard InChI is InChI=1S/C18H22N2O/c19-13-12-16-8-10-17(11-9-16)18(21)20-14-4-7-15-5-2-1-3-6-15/h1-3,5-6,8-11H,4,7,12-14,19H2,(H,20,21). The van der Waals surface area contributed by atoms with E-state index in [4.69, 9.17) is 5.73 Å². The number of hydrogen-bond acceptors (Lipinski definition) is 2. The van der Waals surface area contributed by atoms with Crippen LogP contribution in [0.4, 0.5) is 0 Å². The lowest BCUT2D eigenvalue weighted by molar-refractivity contribution is 0.0953. The third kappa shape index (κ3) is 5.04. The van der Waals surface area contributed by atoms with Gasteiger partial charge in [-0.05, 0) is 49.1 Å². The fourth-order valence-electron chi connectivity index (χ4n) is 2.23. The van der Waals surface area contributed by atoms with E-state index < -0.39 is 0 Å². The predicted molar refractivity (Wildman–Crippen MR) is 86.3 cm³/mol. The number of rotatable bonds is 7.